The molecule has 0 spiro atoms. The molecule has 0 amide bonds. The zero-order chi connectivity index (χ0) is 38.2. The highest BCUT2D eigenvalue weighted by Crippen LogP contribution is 2.65. The average molecular weight is 733 g/mol. The molecule has 2 aliphatic rings. The number of alkyl halides is 6. The maximum absolute atomic E-state index is 14.0. The molecule has 0 aromatic heterocycles. The molecule has 12 heteroatoms. The van der Waals surface area contributed by atoms with Crippen molar-refractivity contribution in [2.24, 2.45) is 22.7 Å². The van der Waals surface area contributed by atoms with Crippen molar-refractivity contribution in [3.63, 3.8) is 0 Å². The summed E-state index contributed by atoms with van der Waals surface area (Å²) in [5, 5.41) is 0. The van der Waals surface area contributed by atoms with Gasteiger partial charge in [-0.1, -0.05) is 88.4 Å². The SMILES string of the molecule is CC1(C)[C@@H](C(=O)Cc2cc(F)ccc2OC(F)(F)F)[C@@H]1c1ccccc1.CC1(C)[C@@H](C(=O)Cc2cc(OC(F)(F)F)ccc2F)[C@@H]1c1ccccc1. The lowest BCUT2D eigenvalue weighted by Gasteiger charge is -2.13. The lowest BCUT2D eigenvalue weighted by atomic mass is 10.0. The Kier molecular flexibility index (Phi) is 10.6. The molecule has 276 valence electrons. The molecule has 0 heterocycles. The molecule has 0 saturated heterocycles. The zero-order valence-corrected chi connectivity index (χ0v) is 28.6. The van der Waals surface area contributed by atoms with Crippen LogP contribution in [-0.4, -0.2) is 24.3 Å². The molecule has 6 rings (SSSR count). The lowest BCUT2D eigenvalue weighted by molar-refractivity contribution is -0.275. The van der Waals surface area contributed by atoms with Gasteiger partial charge in [-0.15, -0.1) is 26.3 Å². The van der Waals surface area contributed by atoms with E-state index < -0.39 is 35.9 Å². The Morgan fingerprint density at radius 2 is 1.06 bits per heavy atom. The molecule has 0 bridgehead atoms. The minimum atomic E-state index is -4.90. The molecule has 4 aromatic carbocycles. The van der Waals surface area contributed by atoms with Crippen LogP contribution in [0.15, 0.2) is 97.1 Å². The van der Waals surface area contributed by atoms with Gasteiger partial charge in [0.25, 0.3) is 0 Å². The van der Waals surface area contributed by atoms with Crippen LogP contribution in [0, 0.1) is 34.3 Å². The number of ether oxygens (including phenoxy) is 2. The molecule has 4 nitrogen and oxygen atoms in total. The standard InChI is InChI=1S/2C20H18F4O2/c1-19(2)17(12-6-4-3-5-7-12)18(19)15(25)11-13-10-14(21)8-9-16(13)26-20(22,23)24;1-19(2)17(12-6-4-3-5-7-12)18(19)16(25)11-13-10-14(8-9-15(13)21)26-20(22,23)24/h2*3-10,17-18H,11H2,1-2H3/t2*17-,18-/m00/s1. The van der Waals surface area contributed by atoms with Crippen molar-refractivity contribution < 1.29 is 54.2 Å². The van der Waals surface area contributed by atoms with E-state index in [2.05, 4.69) is 9.47 Å². The third-order valence-corrected chi connectivity index (χ3v) is 9.89. The molecule has 0 N–H and O–H groups in total. The summed E-state index contributed by atoms with van der Waals surface area (Å²) in [6.45, 7) is 7.83. The highest BCUT2D eigenvalue weighted by molar-refractivity contribution is 5.89. The van der Waals surface area contributed by atoms with Crippen LogP contribution in [0.5, 0.6) is 11.5 Å². The van der Waals surface area contributed by atoms with Gasteiger partial charge in [0.15, 0.2) is 0 Å². The summed E-state index contributed by atoms with van der Waals surface area (Å²) in [6, 6.07) is 24.5. The van der Waals surface area contributed by atoms with Crippen LogP contribution in [0.25, 0.3) is 0 Å². The Balaban J connectivity index is 0.000000201. The van der Waals surface area contributed by atoms with Crippen LogP contribution in [-0.2, 0) is 22.4 Å². The van der Waals surface area contributed by atoms with Crippen molar-refractivity contribution in [1.29, 1.82) is 0 Å². The second-order valence-corrected chi connectivity index (χ2v) is 14.3. The number of rotatable bonds is 10. The number of hydrogen-bond acceptors (Lipinski definition) is 4. The van der Waals surface area contributed by atoms with Crippen LogP contribution in [0.3, 0.4) is 0 Å². The predicted molar refractivity (Wildman–Crippen MR) is 176 cm³/mol. The monoisotopic (exact) mass is 732 g/mol. The molecule has 52 heavy (non-hydrogen) atoms. The fourth-order valence-electron chi connectivity index (χ4n) is 7.43. The van der Waals surface area contributed by atoms with Gasteiger partial charge in [-0.25, -0.2) is 8.78 Å². The van der Waals surface area contributed by atoms with Crippen LogP contribution in [0.2, 0.25) is 0 Å². The molecule has 2 fully saturated rings. The summed E-state index contributed by atoms with van der Waals surface area (Å²) >= 11 is 0. The summed E-state index contributed by atoms with van der Waals surface area (Å²) in [4.78, 5) is 25.4. The first kappa shape index (κ1) is 38.5. The Morgan fingerprint density at radius 3 is 1.52 bits per heavy atom. The maximum Gasteiger partial charge on any atom is 0.573 e. The first-order valence-corrected chi connectivity index (χ1v) is 16.4. The van der Waals surface area contributed by atoms with Crippen molar-refractivity contribution in [3.8, 4) is 11.5 Å². The summed E-state index contributed by atoms with van der Waals surface area (Å²) < 4.78 is 110. The van der Waals surface area contributed by atoms with Crippen LogP contribution < -0.4 is 9.47 Å². The van der Waals surface area contributed by atoms with E-state index in [-0.39, 0.29) is 70.0 Å². The minimum absolute atomic E-state index is 0.00302. The van der Waals surface area contributed by atoms with Gasteiger partial charge < -0.3 is 9.47 Å². The molecule has 0 radical (unpaired) electrons. The molecule has 0 aliphatic heterocycles. The number of carbonyl (C=O) groups is 2. The minimum Gasteiger partial charge on any atom is -0.406 e. The average Bonchev–Trinajstić information content (AvgIpc) is 3.85. The van der Waals surface area contributed by atoms with Crippen LogP contribution in [0.1, 0.15) is 61.8 Å². The topological polar surface area (TPSA) is 52.6 Å². The zero-order valence-electron chi connectivity index (χ0n) is 28.6. The molecule has 2 aliphatic carbocycles. The summed E-state index contributed by atoms with van der Waals surface area (Å²) in [7, 11) is 0. The number of benzene rings is 4. The number of ketones is 2. The first-order valence-electron chi connectivity index (χ1n) is 16.4. The fraction of sp³-hybridized carbons (Fsp3) is 0.350. The highest BCUT2D eigenvalue weighted by atomic mass is 19.4. The first-order chi connectivity index (χ1) is 24.2. The Labute approximate surface area is 295 Å². The van der Waals surface area contributed by atoms with E-state index >= 15 is 0 Å². The fourth-order valence-corrected chi connectivity index (χ4v) is 7.43. The van der Waals surface area contributed by atoms with E-state index in [0.29, 0.717) is 0 Å². The van der Waals surface area contributed by atoms with Gasteiger partial charge in [0.05, 0.1) is 0 Å². The van der Waals surface area contributed by atoms with Gasteiger partial charge >= 0.3 is 12.7 Å². The van der Waals surface area contributed by atoms with E-state index in [9.17, 15) is 44.7 Å². The van der Waals surface area contributed by atoms with E-state index in [4.69, 9.17) is 0 Å². The second-order valence-electron chi connectivity index (χ2n) is 14.3. The molecule has 2 saturated carbocycles. The smallest absolute Gasteiger partial charge is 0.406 e. The number of Topliss-reactive ketones (excluding diaryl/α,β-unsaturated/α-hetero) is 2. The quantitative estimate of drug-likeness (QED) is 0.152. The van der Waals surface area contributed by atoms with Gasteiger partial charge in [-0.3, -0.25) is 9.59 Å². The number of hydrogen-bond donors (Lipinski definition) is 0. The van der Waals surface area contributed by atoms with Gasteiger partial charge in [0, 0.05) is 30.2 Å². The van der Waals surface area contributed by atoms with Crippen LogP contribution in [0.4, 0.5) is 35.1 Å². The van der Waals surface area contributed by atoms with E-state index in [1.54, 1.807) is 0 Å². The molecular formula is C40H36F8O4. The van der Waals surface area contributed by atoms with Crippen LogP contribution >= 0.6 is 0 Å². The van der Waals surface area contributed by atoms with E-state index in [0.717, 1.165) is 47.5 Å². The highest BCUT2D eigenvalue weighted by Gasteiger charge is 2.62. The Morgan fingerprint density at radius 1 is 0.596 bits per heavy atom. The van der Waals surface area contributed by atoms with Gasteiger partial charge in [-0.05, 0) is 75.8 Å². The van der Waals surface area contributed by atoms with Crippen molar-refractivity contribution in [3.05, 3.63) is 131 Å². The summed E-state index contributed by atoms with van der Waals surface area (Å²) in [5.41, 5.74) is 1.30. The summed E-state index contributed by atoms with van der Waals surface area (Å²) in [5.74, 6) is -3.51. The molecule has 4 atom stereocenters. The second kappa shape index (κ2) is 14.4. The number of carbonyl (C=O) groups excluding carboxylic acids is 2. The van der Waals surface area contributed by atoms with Crippen molar-refractivity contribution in [2.45, 2.75) is 65.1 Å². The Hall–Kier alpha value is -4.74. The van der Waals surface area contributed by atoms with Gasteiger partial charge in [-0.2, -0.15) is 0 Å². The predicted octanol–water partition coefficient (Wildman–Crippen LogP) is 10.6. The lowest BCUT2D eigenvalue weighted by Crippen LogP contribution is -2.19. The third-order valence-electron chi connectivity index (χ3n) is 9.89. The largest absolute Gasteiger partial charge is 0.573 e. The van der Waals surface area contributed by atoms with E-state index in [1.165, 1.54) is 0 Å². The molecule has 0 unspecified atom stereocenters. The number of halogens is 8. The summed E-state index contributed by atoms with van der Waals surface area (Å²) in [6.07, 6.45) is -10.3. The van der Waals surface area contributed by atoms with E-state index in [1.807, 2.05) is 88.4 Å². The maximum atomic E-state index is 14.0. The molecular weight excluding hydrogens is 696 g/mol. The van der Waals surface area contributed by atoms with Crippen molar-refractivity contribution >= 4 is 11.6 Å². The Bertz CT molecular complexity index is 1900. The van der Waals surface area contributed by atoms with Gasteiger partial charge in [0.1, 0.15) is 34.7 Å². The van der Waals surface area contributed by atoms with Crippen molar-refractivity contribution in [2.75, 3.05) is 0 Å². The molecule has 4 aromatic rings. The third kappa shape index (κ3) is 9.00. The van der Waals surface area contributed by atoms with Gasteiger partial charge in [0.2, 0.25) is 0 Å². The van der Waals surface area contributed by atoms with Crippen molar-refractivity contribution in [1.82, 2.24) is 0 Å². The normalized spacial score (nSPS) is 21.3.